The molecule has 0 fully saturated rings. The Bertz CT molecular complexity index is 567. The molecule has 0 radical (unpaired) electrons. The predicted octanol–water partition coefficient (Wildman–Crippen LogP) is 3.80. The molecule has 0 amide bonds. The van der Waals surface area contributed by atoms with E-state index in [9.17, 15) is 17.6 Å². The van der Waals surface area contributed by atoms with Gasteiger partial charge in [0.15, 0.2) is 0 Å². The van der Waals surface area contributed by atoms with E-state index in [1.807, 2.05) is 0 Å². The molecule has 8 heteroatoms. The molecule has 2 aromatic rings. The Kier molecular flexibility index (Phi) is 3.20. The highest BCUT2D eigenvalue weighted by molar-refractivity contribution is 7.07. The molecule has 0 atom stereocenters. The minimum Gasteiger partial charge on any atom is -0.430 e. The smallest absolute Gasteiger partial charge is 0.419 e. The zero-order valence-corrected chi connectivity index (χ0v) is 9.77. The zero-order chi connectivity index (χ0) is 13.3. The van der Waals surface area contributed by atoms with Crippen LogP contribution in [0.4, 0.5) is 17.6 Å². The fourth-order valence-corrected chi connectivity index (χ4v) is 1.76. The third-order valence-electron chi connectivity index (χ3n) is 1.96. The Morgan fingerprint density at radius 2 is 2.00 bits per heavy atom. The lowest BCUT2D eigenvalue weighted by Gasteiger charge is -2.09. The summed E-state index contributed by atoms with van der Waals surface area (Å²) in [5.74, 6) is -1.03. The lowest BCUT2D eigenvalue weighted by atomic mass is 10.2. The van der Waals surface area contributed by atoms with Gasteiger partial charge in [0, 0.05) is 11.5 Å². The number of ether oxygens (including phenoxy) is 1. The molecule has 2 rings (SSSR count). The van der Waals surface area contributed by atoms with Gasteiger partial charge in [-0.05, 0) is 25.1 Å². The third kappa shape index (κ3) is 2.76. The van der Waals surface area contributed by atoms with Crippen molar-refractivity contribution < 1.29 is 22.3 Å². The van der Waals surface area contributed by atoms with Crippen LogP contribution in [0, 0.1) is 12.7 Å². The van der Waals surface area contributed by atoms with Crippen molar-refractivity contribution in [2.45, 2.75) is 13.1 Å². The van der Waals surface area contributed by atoms with Crippen LogP contribution in [0.1, 0.15) is 11.4 Å². The molecule has 0 spiro atoms. The van der Waals surface area contributed by atoms with E-state index in [4.69, 9.17) is 4.74 Å². The molecule has 0 saturated heterocycles. The number of aromatic nitrogens is 2. The van der Waals surface area contributed by atoms with E-state index in [1.165, 1.54) is 0 Å². The first-order valence-electron chi connectivity index (χ1n) is 4.71. The number of halogens is 4. The van der Waals surface area contributed by atoms with Gasteiger partial charge >= 0.3 is 6.18 Å². The van der Waals surface area contributed by atoms with Crippen molar-refractivity contribution in [3.63, 3.8) is 0 Å². The van der Waals surface area contributed by atoms with E-state index in [1.54, 1.807) is 6.92 Å². The summed E-state index contributed by atoms with van der Waals surface area (Å²) in [6, 6.07) is 2.39. The fourth-order valence-electron chi connectivity index (χ4n) is 1.21. The van der Waals surface area contributed by atoms with E-state index in [0.717, 1.165) is 17.6 Å². The molecule has 1 heterocycles. The van der Waals surface area contributed by atoms with Gasteiger partial charge in [0.05, 0.1) is 5.56 Å². The molecular weight excluding hydrogens is 272 g/mol. The van der Waals surface area contributed by atoms with Gasteiger partial charge in [0.25, 0.3) is 5.19 Å². The van der Waals surface area contributed by atoms with Gasteiger partial charge in [-0.1, -0.05) is 0 Å². The van der Waals surface area contributed by atoms with Crippen LogP contribution < -0.4 is 4.74 Å². The molecule has 96 valence electrons. The molecule has 0 bridgehead atoms. The molecule has 0 aliphatic heterocycles. The van der Waals surface area contributed by atoms with Crippen LogP contribution in [0.15, 0.2) is 18.2 Å². The summed E-state index contributed by atoms with van der Waals surface area (Å²) >= 11 is 0.904. The number of aryl methyl sites for hydroxylation is 1. The largest absolute Gasteiger partial charge is 0.430 e. The number of hydrogen-bond donors (Lipinski definition) is 0. The van der Waals surface area contributed by atoms with Crippen LogP contribution in [0.25, 0.3) is 0 Å². The number of hydrogen-bond acceptors (Lipinski definition) is 4. The molecule has 0 saturated carbocycles. The Morgan fingerprint density at radius 1 is 1.28 bits per heavy atom. The second-order valence-corrected chi connectivity index (χ2v) is 4.06. The average molecular weight is 278 g/mol. The van der Waals surface area contributed by atoms with E-state index in [0.29, 0.717) is 18.0 Å². The van der Waals surface area contributed by atoms with E-state index >= 15 is 0 Å². The first kappa shape index (κ1) is 12.7. The summed E-state index contributed by atoms with van der Waals surface area (Å²) in [5, 5.41) is 0.104. The van der Waals surface area contributed by atoms with Crippen molar-refractivity contribution >= 4 is 11.5 Å². The lowest BCUT2D eigenvalue weighted by molar-refractivity contribution is -0.140. The first-order chi connectivity index (χ1) is 8.36. The van der Waals surface area contributed by atoms with E-state index in [-0.39, 0.29) is 10.9 Å². The van der Waals surface area contributed by atoms with Crippen molar-refractivity contribution in [2.75, 3.05) is 0 Å². The van der Waals surface area contributed by atoms with Gasteiger partial charge in [-0.2, -0.15) is 22.5 Å². The Labute approximate surface area is 103 Å². The summed E-state index contributed by atoms with van der Waals surface area (Å²) in [5.41, 5.74) is -1.37. The van der Waals surface area contributed by atoms with Crippen LogP contribution >= 0.6 is 11.5 Å². The van der Waals surface area contributed by atoms with Gasteiger partial charge in [-0.15, -0.1) is 0 Å². The van der Waals surface area contributed by atoms with Crippen molar-refractivity contribution in [1.82, 2.24) is 9.36 Å². The van der Waals surface area contributed by atoms with Crippen molar-refractivity contribution in [3.05, 3.63) is 35.4 Å². The molecule has 1 aromatic carbocycles. The monoisotopic (exact) mass is 278 g/mol. The average Bonchev–Trinajstić information content (AvgIpc) is 2.65. The third-order valence-corrected chi connectivity index (χ3v) is 2.64. The van der Waals surface area contributed by atoms with Crippen LogP contribution in [0.5, 0.6) is 10.9 Å². The van der Waals surface area contributed by atoms with E-state index in [2.05, 4.69) is 9.36 Å². The molecule has 0 aliphatic carbocycles. The summed E-state index contributed by atoms with van der Waals surface area (Å²) in [7, 11) is 0. The quantitative estimate of drug-likeness (QED) is 0.784. The van der Waals surface area contributed by atoms with Crippen molar-refractivity contribution in [3.8, 4) is 10.9 Å². The standard InChI is InChI=1S/C10H6F4N2OS/c1-5-15-9(18-16-5)17-6-2-3-8(11)7(4-6)10(12,13)14/h2-4H,1H3. The zero-order valence-electron chi connectivity index (χ0n) is 8.95. The second kappa shape index (κ2) is 4.52. The number of nitrogens with zero attached hydrogens (tertiary/aromatic N) is 2. The van der Waals surface area contributed by atoms with Gasteiger partial charge in [0.2, 0.25) is 0 Å². The molecular formula is C10H6F4N2OS. The molecule has 0 N–H and O–H groups in total. The highest BCUT2D eigenvalue weighted by Crippen LogP contribution is 2.34. The first-order valence-corrected chi connectivity index (χ1v) is 5.48. The summed E-state index contributed by atoms with van der Waals surface area (Å²) in [6.45, 7) is 1.62. The number of alkyl halides is 3. The van der Waals surface area contributed by atoms with Crippen LogP contribution in [-0.2, 0) is 6.18 Å². The maximum atomic E-state index is 13.0. The fraction of sp³-hybridized carbons (Fsp3) is 0.200. The highest BCUT2D eigenvalue weighted by Gasteiger charge is 2.34. The molecule has 3 nitrogen and oxygen atoms in total. The van der Waals surface area contributed by atoms with Gasteiger partial charge < -0.3 is 4.74 Å². The van der Waals surface area contributed by atoms with Gasteiger partial charge in [-0.25, -0.2) is 4.39 Å². The Hall–Kier alpha value is -1.70. The van der Waals surface area contributed by atoms with E-state index < -0.39 is 17.6 Å². The Morgan fingerprint density at radius 3 is 2.56 bits per heavy atom. The molecule has 1 aromatic heterocycles. The molecule has 0 aliphatic rings. The van der Waals surface area contributed by atoms with Crippen LogP contribution in [0.2, 0.25) is 0 Å². The Balaban J connectivity index is 2.30. The van der Waals surface area contributed by atoms with Crippen LogP contribution in [0.3, 0.4) is 0 Å². The number of rotatable bonds is 2. The normalized spacial score (nSPS) is 11.6. The minimum absolute atomic E-state index is 0.104. The van der Waals surface area contributed by atoms with Crippen molar-refractivity contribution in [1.29, 1.82) is 0 Å². The summed E-state index contributed by atoms with van der Waals surface area (Å²) < 4.78 is 59.2. The van der Waals surface area contributed by atoms with Gasteiger partial charge in [-0.3, -0.25) is 0 Å². The highest BCUT2D eigenvalue weighted by atomic mass is 32.1. The molecule has 18 heavy (non-hydrogen) atoms. The number of benzene rings is 1. The van der Waals surface area contributed by atoms with Gasteiger partial charge in [0.1, 0.15) is 17.4 Å². The summed E-state index contributed by atoms with van der Waals surface area (Å²) in [4.78, 5) is 3.83. The minimum atomic E-state index is -4.76. The predicted molar refractivity (Wildman–Crippen MR) is 56.1 cm³/mol. The SMILES string of the molecule is Cc1nsc(Oc2ccc(F)c(C(F)(F)F)c2)n1. The topological polar surface area (TPSA) is 35.0 Å². The maximum absolute atomic E-state index is 13.0. The van der Waals surface area contributed by atoms with Crippen LogP contribution in [-0.4, -0.2) is 9.36 Å². The van der Waals surface area contributed by atoms with Crippen molar-refractivity contribution in [2.24, 2.45) is 0 Å². The lowest BCUT2D eigenvalue weighted by Crippen LogP contribution is -2.08. The molecule has 0 unspecified atom stereocenters. The summed E-state index contributed by atoms with van der Waals surface area (Å²) in [6.07, 6.45) is -4.76. The maximum Gasteiger partial charge on any atom is 0.419 e. The second-order valence-electron chi connectivity index (χ2n) is 3.35.